The van der Waals surface area contributed by atoms with E-state index in [1.165, 1.54) is 0 Å². The first-order valence-corrected chi connectivity index (χ1v) is 6.95. The van der Waals surface area contributed by atoms with Crippen molar-refractivity contribution in [2.24, 2.45) is 0 Å². The van der Waals surface area contributed by atoms with Crippen molar-refractivity contribution in [3.05, 3.63) is 27.7 Å². The van der Waals surface area contributed by atoms with Crippen LogP contribution in [0.25, 0.3) is 0 Å². The Hall–Kier alpha value is -1.56. The molecule has 2 aliphatic rings. The topological polar surface area (TPSA) is 58.6 Å². The van der Waals surface area contributed by atoms with Crippen molar-refractivity contribution in [1.82, 2.24) is 10.2 Å². The van der Waals surface area contributed by atoms with Crippen LogP contribution < -0.4 is 10.1 Å². The monoisotopic (exact) mass is 324 g/mol. The fourth-order valence-corrected chi connectivity index (χ4v) is 2.97. The third kappa shape index (κ3) is 2.45. The zero-order valence-electron chi connectivity index (χ0n) is 10.2. The number of carbonyl (C=O) groups excluding carboxylic acids is 2. The number of urea groups is 1. The largest absolute Gasteiger partial charge is 0.493 e. The van der Waals surface area contributed by atoms with E-state index in [4.69, 9.17) is 4.74 Å². The molecule has 100 valence electrons. The van der Waals surface area contributed by atoms with E-state index in [1.54, 1.807) is 4.90 Å². The number of benzene rings is 1. The van der Waals surface area contributed by atoms with E-state index in [2.05, 4.69) is 21.2 Å². The van der Waals surface area contributed by atoms with Crippen LogP contribution in [0.3, 0.4) is 0 Å². The molecule has 19 heavy (non-hydrogen) atoms. The highest BCUT2D eigenvalue weighted by Gasteiger charge is 2.25. The van der Waals surface area contributed by atoms with Gasteiger partial charge in [0.1, 0.15) is 5.75 Å². The molecule has 0 aromatic heterocycles. The molecule has 0 bridgehead atoms. The first-order valence-electron chi connectivity index (χ1n) is 6.16. The van der Waals surface area contributed by atoms with E-state index in [9.17, 15) is 9.59 Å². The highest BCUT2D eigenvalue weighted by molar-refractivity contribution is 9.10. The summed E-state index contributed by atoms with van der Waals surface area (Å²) in [5, 5.41) is 2.33. The lowest BCUT2D eigenvalue weighted by atomic mass is 10.1. The van der Waals surface area contributed by atoms with E-state index >= 15 is 0 Å². The zero-order valence-corrected chi connectivity index (χ0v) is 11.8. The molecule has 1 N–H and O–H groups in total. The van der Waals surface area contributed by atoms with Crippen molar-refractivity contribution < 1.29 is 14.3 Å². The Labute approximate surface area is 119 Å². The summed E-state index contributed by atoms with van der Waals surface area (Å²) >= 11 is 3.48. The average molecular weight is 325 g/mol. The molecule has 0 unspecified atom stereocenters. The number of carbonyl (C=O) groups is 2. The molecule has 0 spiro atoms. The number of nitrogens with one attached hydrogen (secondary N) is 1. The molecular formula is C13H13BrN2O3. The van der Waals surface area contributed by atoms with Crippen molar-refractivity contribution in [2.75, 3.05) is 13.2 Å². The van der Waals surface area contributed by atoms with Gasteiger partial charge >= 0.3 is 6.03 Å². The molecule has 1 saturated heterocycles. The van der Waals surface area contributed by atoms with Crippen LogP contribution in [0.1, 0.15) is 17.5 Å². The molecular weight excluding hydrogens is 312 g/mol. The van der Waals surface area contributed by atoms with E-state index in [0.29, 0.717) is 26.1 Å². The standard InChI is InChI=1S/C13H13BrN2O3/c14-10-5-8-2-4-19-12(8)9(6-10)7-16-3-1-11(17)15-13(16)18/h5-6H,1-4,7H2,(H,15,17,18). The fourth-order valence-electron chi connectivity index (χ4n) is 2.42. The zero-order chi connectivity index (χ0) is 13.4. The van der Waals surface area contributed by atoms with Crippen LogP contribution in [-0.2, 0) is 17.8 Å². The van der Waals surface area contributed by atoms with Crippen molar-refractivity contribution >= 4 is 27.9 Å². The summed E-state index contributed by atoms with van der Waals surface area (Å²) in [6.07, 6.45) is 1.25. The normalized spacial score (nSPS) is 18.1. The van der Waals surface area contributed by atoms with Crippen LogP contribution in [0.15, 0.2) is 16.6 Å². The van der Waals surface area contributed by atoms with Gasteiger partial charge in [0, 0.05) is 29.4 Å². The first kappa shape index (κ1) is 12.5. The number of hydrogen-bond donors (Lipinski definition) is 1. The van der Waals surface area contributed by atoms with Gasteiger partial charge in [-0.25, -0.2) is 4.79 Å². The van der Waals surface area contributed by atoms with Gasteiger partial charge in [-0.1, -0.05) is 15.9 Å². The number of nitrogens with zero attached hydrogens (tertiary/aromatic N) is 1. The third-order valence-corrected chi connectivity index (χ3v) is 3.79. The van der Waals surface area contributed by atoms with Crippen LogP contribution >= 0.6 is 15.9 Å². The van der Waals surface area contributed by atoms with Crippen LogP contribution in [0, 0.1) is 0 Å². The van der Waals surface area contributed by atoms with Crippen LogP contribution in [0.4, 0.5) is 4.79 Å². The minimum atomic E-state index is -0.331. The van der Waals surface area contributed by atoms with Crippen molar-refractivity contribution in [2.45, 2.75) is 19.4 Å². The van der Waals surface area contributed by atoms with Gasteiger partial charge in [-0.15, -0.1) is 0 Å². The molecule has 5 nitrogen and oxygen atoms in total. The second-order valence-corrected chi connectivity index (χ2v) is 5.59. The summed E-state index contributed by atoms with van der Waals surface area (Å²) in [4.78, 5) is 24.5. The lowest BCUT2D eigenvalue weighted by Crippen LogP contribution is -2.48. The average Bonchev–Trinajstić information content (AvgIpc) is 2.80. The summed E-state index contributed by atoms with van der Waals surface area (Å²) < 4.78 is 6.62. The maximum absolute atomic E-state index is 11.7. The Morgan fingerprint density at radius 2 is 2.16 bits per heavy atom. The fraction of sp³-hybridized carbons (Fsp3) is 0.385. The molecule has 2 aliphatic heterocycles. The molecule has 0 radical (unpaired) electrons. The molecule has 1 fully saturated rings. The van der Waals surface area contributed by atoms with Gasteiger partial charge in [0.2, 0.25) is 5.91 Å². The van der Waals surface area contributed by atoms with Gasteiger partial charge in [-0.2, -0.15) is 0 Å². The summed E-state index contributed by atoms with van der Waals surface area (Å²) in [5.41, 5.74) is 2.14. The SMILES string of the molecule is O=C1CCN(Cc2cc(Br)cc3c2OCC3)C(=O)N1. The number of amides is 3. The van der Waals surface area contributed by atoms with Crippen molar-refractivity contribution in [3.8, 4) is 5.75 Å². The molecule has 6 heteroatoms. The summed E-state index contributed by atoms with van der Waals surface area (Å²) in [6.45, 7) is 1.59. The highest BCUT2D eigenvalue weighted by Crippen LogP contribution is 2.33. The summed E-state index contributed by atoms with van der Waals surface area (Å²) in [7, 11) is 0. The van der Waals surface area contributed by atoms with Gasteiger partial charge < -0.3 is 9.64 Å². The third-order valence-electron chi connectivity index (χ3n) is 3.33. The quantitative estimate of drug-likeness (QED) is 0.902. The predicted octanol–water partition coefficient (Wildman–Crippen LogP) is 1.83. The smallest absolute Gasteiger partial charge is 0.324 e. The Bertz CT molecular complexity index is 559. The van der Waals surface area contributed by atoms with Crippen molar-refractivity contribution in [3.63, 3.8) is 0 Å². The van der Waals surface area contributed by atoms with E-state index < -0.39 is 0 Å². The molecule has 3 amide bonds. The highest BCUT2D eigenvalue weighted by atomic mass is 79.9. The number of rotatable bonds is 2. The summed E-state index contributed by atoms with van der Waals surface area (Å²) in [5.74, 6) is 0.671. The Morgan fingerprint density at radius 1 is 1.32 bits per heavy atom. The van der Waals surface area contributed by atoms with Gasteiger partial charge in [0.15, 0.2) is 0 Å². The van der Waals surface area contributed by atoms with Gasteiger partial charge in [0.25, 0.3) is 0 Å². The van der Waals surface area contributed by atoms with Crippen molar-refractivity contribution in [1.29, 1.82) is 0 Å². The van der Waals surface area contributed by atoms with Gasteiger partial charge in [-0.3, -0.25) is 10.1 Å². The molecule has 0 aliphatic carbocycles. The first-order chi connectivity index (χ1) is 9.13. The molecule has 1 aromatic rings. The van der Waals surface area contributed by atoms with E-state index in [-0.39, 0.29) is 11.9 Å². The Morgan fingerprint density at radius 3 is 2.95 bits per heavy atom. The minimum Gasteiger partial charge on any atom is -0.493 e. The maximum Gasteiger partial charge on any atom is 0.324 e. The molecule has 0 atom stereocenters. The minimum absolute atomic E-state index is 0.211. The predicted molar refractivity (Wildman–Crippen MR) is 71.9 cm³/mol. The molecule has 3 rings (SSSR count). The molecule has 2 heterocycles. The Balaban J connectivity index is 1.84. The number of hydrogen-bond acceptors (Lipinski definition) is 3. The number of fused-ring (bicyclic) bond motifs is 1. The van der Waals surface area contributed by atoms with Gasteiger partial charge in [0.05, 0.1) is 13.2 Å². The van der Waals surface area contributed by atoms with Crippen LogP contribution in [0.5, 0.6) is 5.75 Å². The lowest BCUT2D eigenvalue weighted by molar-refractivity contribution is -0.121. The van der Waals surface area contributed by atoms with E-state index in [0.717, 1.165) is 27.8 Å². The maximum atomic E-state index is 11.7. The second kappa shape index (κ2) is 4.85. The van der Waals surface area contributed by atoms with Crippen LogP contribution in [-0.4, -0.2) is 30.0 Å². The number of halogens is 1. The van der Waals surface area contributed by atoms with Gasteiger partial charge in [-0.05, 0) is 17.7 Å². The molecule has 0 saturated carbocycles. The Kier molecular flexibility index (Phi) is 3.18. The van der Waals surface area contributed by atoms with Crippen LogP contribution in [0.2, 0.25) is 0 Å². The second-order valence-electron chi connectivity index (χ2n) is 4.68. The van der Waals surface area contributed by atoms with E-state index in [1.807, 2.05) is 12.1 Å². The molecule has 1 aromatic carbocycles. The lowest BCUT2D eigenvalue weighted by Gasteiger charge is -2.27. The number of ether oxygens (including phenoxy) is 1. The summed E-state index contributed by atoms with van der Waals surface area (Å²) in [6, 6.07) is 3.68. The number of imide groups is 1.